The van der Waals surface area contributed by atoms with E-state index in [9.17, 15) is 0 Å². The van der Waals surface area contributed by atoms with Crippen molar-refractivity contribution in [2.24, 2.45) is 0 Å². The molecule has 3 aromatic carbocycles. The van der Waals surface area contributed by atoms with Gasteiger partial charge in [0, 0.05) is 19.8 Å². The second kappa shape index (κ2) is 13.2. The normalized spacial score (nSPS) is 15.4. The van der Waals surface area contributed by atoms with Gasteiger partial charge in [0.2, 0.25) is 0 Å². The first-order valence-corrected chi connectivity index (χ1v) is 14.2. The summed E-state index contributed by atoms with van der Waals surface area (Å²) in [6, 6.07) is 29.9. The maximum absolute atomic E-state index is 6.53. The minimum atomic E-state index is -3.20. The summed E-state index contributed by atoms with van der Waals surface area (Å²) in [5.74, 6) is 2.21. The lowest BCUT2D eigenvalue weighted by atomic mass is 10.1. The molecule has 0 aromatic heterocycles. The lowest BCUT2D eigenvalue weighted by molar-refractivity contribution is -0.0562. The molecular formula is C28H34O5Si. The van der Waals surface area contributed by atoms with Gasteiger partial charge in [-0.25, -0.2) is 0 Å². The van der Waals surface area contributed by atoms with E-state index in [1.54, 1.807) is 0 Å². The van der Waals surface area contributed by atoms with Gasteiger partial charge < -0.3 is 22.8 Å². The molecule has 1 atom stereocenters. The minimum absolute atomic E-state index is 0.479. The topological polar surface area (TPSA) is 46.2 Å². The Morgan fingerprint density at radius 3 is 1.56 bits per heavy atom. The van der Waals surface area contributed by atoms with Crippen LogP contribution in [0, 0.1) is 0 Å². The van der Waals surface area contributed by atoms with Crippen molar-refractivity contribution >= 4 is 8.80 Å². The molecule has 6 heteroatoms. The largest absolute Gasteiger partial charge is 0.699 e. The van der Waals surface area contributed by atoms with Crippen molar-refractivity contribution in [2.45, 2.75) is 44.3 Å². The summed E-state index contributed by atoms with van der Waals surface area (Å²) in [4.78, 5) is 0. The number of hydrogen-bond donors (Lipinski definition) is 0. The fraction of sp³-hybridized carbons (Fsp3) is 0.357. The second-order valence-corrected chi connectivity index (χ2v) is 10.9. The van der Waals surface area contributed by atoms with Gasteiger partial charge in [0.15, 0.2) is 0 Å². The fourth-order valence-corrected chi connectivity index (χ4v) is 6.30. The third-order valence-corrected chi connectivity index (χ3v) is 8.29. The van der Waals surface area contributed by atoms with E-state index in [0.717, 1.165) is 56.1 Å². The average Bonchev–Trinajstić information content (AvgIpc) is 2.84. The van der Waals surface area contributed by atoms with Crippen LogP contribution in [0.5, 0.6) is 17.2 Å². The molecule has 1 unspecified atom stereocenters. The summed E-state index contributed by atoms with van der Waals surface area (Å²) in [6.07, 6.45) is 5.81. The molecule has 1 saturated heterocycles. The highest BCUT2D eigenvalue weighted by molar-refractivity contribution is 6.63. The Labute approximate surface area is 204 Å². The molecule has 34 heavy (non-hydrogen) atoms. The van der Waals surface area contributed by atoms with Crippen molar-refractivity contribution in [3.63, 3.8) is 0 Å². The maximum atomic E-state index is 6.53. The zero-order chi connectivity index (χ0) is 23.3. The molecule has 3 aromatic rings. The smallest absolute Gasteiger partial charge is 0.483 e. The van der Waals surface area contributed by atoms with Gasteiger partial charge in [-0.05, 0) is 68.5 Å². The molecule has 0 spiro atoms. The molecule has 0 amide bonds. The van der Waals surface area contributed by atoms with Gasteiger partial charge in [0.05, 0.1) is 12.1 Å². The van der Waals surface area contributed by atoms with Crippen molar-refractivity contribution in [3.05, 3.63) is 91.0 Å². The zero-order valence-corrected chi connectivity index (χ0v) is 20.6. The summed E-state index contributed by atoms with van der Waals surface area (Å²) in [6.45, 7) is 2.33. The van der Waals surface area contributed by atoms with E-state index in [-0.39, 0.29) is 0 Å². The van der Waals surface area contributed by atoms with Crippen LogP contribution in [0.3, 0.4) is 0 Å². The molecule has 1 aliphatic rings. The van der Waals surface area contributed by atoms with E-state index < -0.39 is 8.80 Å². The third kappa shape index (κ3) is 7.90. The highest BCUT2D eigenvalue weighted by Crippen LogP contribution is 2.27. The molecule has 0 bridgehead atoms. The Hall–Kier alpha value is -2.80. The van der Waals surface area contributed by atoms with Crippen molar-refractivity contribution in [2.75, 3.05) is 19.8 Å². The quantitative estimate of drug-likeness (QED) is 0.184. The molecule has 0 N–H and O–H groups in total. The van der Waals surface area contributed by atoms with Crippen LogP contribution in [0.2, 0.25) is 6.04 Å². The Bertz CT molecular complexity index is 833. The van der Waals surface area contributed by atoms with Gasteiger partial charge in [0.1, 0.15) is 17.2 Å². The molecule has 5 nitrogen and oxygen atoms in total. The van der Waals surface area contributed by atoms with Crippen LogP contribution >= 0.6 is 0 Å². The Morgan fingerprint density at radius 2 is 1.12 bits per heavy atom. The van der Waals surface area contributed by atoms with Crippen LogP contribution < -0.4 is 13.3 Å². The van der Waals surface area contributed by atoms with E-state index in [1.165, 1.54) is 6.42 Å². The molecule has 1 aliphatic heterocycles. The zero-order valence-electron chi connectivity index (χ0n) is 19.6. The monoisotopic (exact) mass is 478 g/mol. The van der Waals surface area contributed by atoms with Gasteiger partial charge in [-0.15, -0.1) is 0 Å². The van der Waals surface area contributed by atoms with Crippen molar-refractivity contribution in [1.82, 2.24) is 0 Å². The SMILES string of the molecule is c1ccc(O[Si](CCCOCCCCC2CCO2)(Oc2ccccc2)Oc2ccccc2)cc1. The maximum Gasteiger partial charge on any atom is 0.699 e. The molecule has 4 rings (SSSR count). The molecule has 180 valence electrons. The van der Waals surface area contributed by atoms with Crippen LogP contribution in [-0.2, 0) is 9.47 Å². The van der Waals surface area contributed by atoms with E-state index in [2.05, 4.69) is 0 Å². The van der Waals surface area contributed by atoms with Crippen molar-refractivity contribution < 1.29 is 22.8 Å². The number of ether oxygens (including phenoxy) is 2. The second-order valence-electron chi connectivity index (χ2n) is 8.42. The Balaban J connectivity index is 1.39. The molecule has 0 aliphatic carbocycles. The molecule has 0 saturated carbocycles. The van der Waals surface area contributed by atoms with E-state index in [4.69, 9.17) is 22.8 Å². The number of para-hydroxylation sites is 3. The fourth-order valence-electron chi connectivity index (χ4n) is 3.80. The van der Waals surface area contributed by atoms with Crippen LogP contribution in [0.15, 0.2) is 91.0 Å². The molecule has 1 heterocycles. The lowest BCUT2D eigenvalue weighted by Gasteiger charge is -2.30. The van der Waals surface area contributed by atoms with Gasteiger partial charge in [-0.3, -0.25) is 0 Å². The first-order valence-electron chi connectivity index (χ1n) is 12.2. The van der Waals surface area contributed by atoms with Crippen molar-refractivity contribution in [1.29, 1.82) is 0 Å². The predicted octanol–water partition coefficient (Wildman–Crippen LogP) is 6.53. The van der Waals surface area contributed by atoms with Crippen LogP contribution in [0.1, 0.15) is 32.1 Å². The summed E-state index contributed by atoms with van der Waals surface area (Å²) in [5, 5.41) is 0. The first-order chi connectivity index (χ1) is 16.8. The number of unbranched alkanes of at least 4 members (excludes halogenated alkanes) is 1. The summed E-state index contributed by atoms with van der Waals surface area (Å²) in [7, 11) is -3.20. The first kappa shape index (κ1) is 24.3. The van der Waals surface area contributed by atoms with Crippen molar-refractivity contribution in [3.8, 4) is 17.2 Å². The van der Waals surface area contributed by atoms with Crippen LogP contribution in [0.4, 0.5) is 0 Å². The molecule has 1 fully saturated rings. The lowest BCUT2D eigenvalue weighted by Crippen LogP contribution is -2.55. The van der Waals surface area contributed by atoms with Crippen LogP contribution in [0.25, 0.3) is 0 Å². The standard InChI is InChI=1S/C28H34O5Si/c1-4-14-26(15-5-1)31-34(32-27-16-6-2-7-17-27,33-28-18-8-3-9-19-28)24-12-22-29-21-11-10-13-25-20-23-30-25/h1-9,14-19,25H,10-13,20-24H2. The molecular weight excluding hydrogens is 444 g/mol. The van der Waals surface area contributed by atoms with E-state index in [1.807, 2.05) is 91.0 Å². The summed E-state index contributed by atoms with van der Waals surface area (Å²) in [5.41, 5.74) is 0. The number of hydrogen-bond acceptors (Lipinski definition) is 5. The van der Waals surface area contributed by atoms with E-state index >= 15 is 0 Å². The number of rotatable bonds is 15. The van der Waals surface area contributed by atoms with Gasteiger partial charge in [0.25, 0.3) is 0 Å². The van der Waals surface area contributed by atoms with E-state index in [0.29, 0.717) is 18.8 Å². The summed E-state index contributed by atoms with van der Waals surface area (Å²) >= 11 is 0. The van der Waals surface area contributed by atoms with Crippen LogP contribution in [-0.4, -0.2) is 34.7 Å². The highest BCUT2D eigenvalue weighted by Gasteiger charge is 2.48. The Morgan fingerprint density at radius 1 is 0.647 bits per heavy atom. The minimum Gasteiger partial charge on any atom is -0.483 e. The summed E-state index contributed by atoms with van der Waals surface area (Å²) < 4.78 is 31.0. The third-order valence-electron chi connectivity index (χ3n) is 5.68. The predicted molar refractivity (Wildman–Crippen MR) is 135 cm³/mol. The van der Waals surface area contributed by atoms with Gasteiger partial charge in [-0.2, -0.15) is 0 Å². The number of benzene rings is 3. The average molecular weight is 479 g/mol. The van der Waals surface area contributed by atoms with Gasteiger partial charge in [-0.1, -0.05) is 54.6 Å². The highest BCUT2D eigenvalue weighted by atomic mass is 28.4. The molecule has 0 radical (unpaired) electrons. The van der Waals surface area contributed by atoms with Gasteiger partial charge >= 0.3 is 8.80 Å². The Kier molecular flexibility index (Phi) is 9.43.